The van der Waals surface area contributed by atoms with Gasteiger partial charge in [0.05, 0.1) is 25.0 Å². The van der Waals surface area contributed by atoms with Crippen molar-refractivity contribution < 1.29 is 19.1 Å². The first kappa shape index (κ1) is 37.7. The quantitative estimate of drug-likeness (QED) is 0.0528. The van der Waals surface area contributed by atoms with Gasteiger partial charge < -0.3 is 9.47 Å². The summed E-state index contributed by atoms with van der Waals surface area (Å²) in [5.74, 6) is -1.29. The van der Waals surface area contributed by atoms with Crippen molar-refractivity contribution in [3.8, 4) is 0 Å². The molecular formula is C37H68O4. The van der Waals surface area contributed by atoms with Crippen molar-refractivity contribution in [2.45, 2.75) is 181 Å². The van der Waals surface area contributed by atoms with Crippen LogP contribution in [0, 0.1) is 17.8 Å². The maximum atomic E-state index is 12.9. The minimum Gasteiger partial charge on any atom is -0.465 e. The molecule has 0 radical (unpaired) electrons. The number of rotatable bonds is 28. The summed E-state index contributed by atoms with van der Waals surface area (Å²) < 4.78 is 11.3. The van der Waals surface area contributed by atoms with E-state index in [4.69, 9.17) is 9.47 Å². The Balaban J connectivity index is 2.10. The third-order valence-electron chi connectivity index (χ3n) is 8.89. The maximum Gasteiger partial charge on any atom is 0.310 e. The van der Waals surface area contributed by atoms with Crippen LogP contribution in [-0.4, -0.2) is 25.2 Å². The molecule has 0 aromatic rings. The van der Waals surface area contributed by atoms with E-state index < -0.39 is 11.8 Å². The minimum atomic E-state index is -0.424. The number of ether oxygens (including phenoxy) is 2. The van der Waals surface area contributed by atoms with Crippen molar-refractivity contribution in [3.05, 3.63) is 12.2 Å². The highest BCUT2D eigenvalue weighted by atomic mass is 16.5. The van der Waals surface area contributed by atoms with E-state index in [9.17, 15) is 9.59 Å². The molecule has 4 nitrogen and oxygen atoms in total. The van der Waals surface area contributed by atoms with Gasteiger partial charge in [0.15, 0.2) is 0 Å². The highest BCUT2D eigenvalue weighted by Crippen LogP contribution is 2.32. The third kappa shape index (κ3) is 20.3. The van der Waals surface area contributed by atoms with E-state index in [2.05, 4.69) is 13.8 Å². The topological polar surface area (TPSA) is 52.6 Å². The summed E-state index contributed by atoms with van der Waals surface area (Å²) in [5.41, 5.74) is 0. The van der Waals surface area contributed by atoms with Crippen molar-refractivity contribution in [3.63, 3.8) is 0 Å². The number of hydrogen-bond donors (Lipinski definition) is 0. The smallest absolute Gasteiger partial charge is 0.310 e. The summed E-state index contributed by atoms with van der Waals surface area (Å²) in [4.78, 5) is 25.8. The van der Waals surface area contributed by atoms with Gasteiger partial charge in [0.2, 0.25) is 0 Å². The lowest BCUT2D eigenvalue weighted by molar-refractivity contribution is -0.162. The molecule has 3 unspecified atom stereocenters. The Morgan fingerprint density at radius 2 is 0.878 bits per heavy atom. The molecule has 0 aromatic heterocycles. The highest BCUT2D eigenvalue weighted by molar-refractivity contribution is 5.83. The molecule has 0 saturated carbocycles. The standard InChI is InChI=1S/C37H68O4/c1-4-6-8-10-12-14-16-18-20-22-24-26-31-40-36(38)34-30-28-29-33(3)35(34)37(39)41-32-27-25-23-21-19-17-15-13-11-9-7-5-2/h28-29,33-35H,4-27,30-32H2,1-3H3. The van der Waals surface area contributed by atoms with Gasteiger partial charge in [-0.25, -0.2) is 0 Å². The predicted molar refractivity (Wildman–Crippen MR) is 174 cm³/mol. The largest absolute Gasteiger partial charge is 0.465 e. The Bertz CT molecular complexity index is 643. The van der Waals surface area contributed by atoms with Crippen LogP contribution in [0.2, 0.25) is 0 Å². The molecule has 41 heavy (non-hydrogen) atoms. The molecule has 1 aliphatic rings. The molecule has 3 atom stereocenters. The van der Waals surface area contributed by atoms with E-state index in [1.54, 1.807) is 0 Å². The molecule has 0 N–H and O–H groups in total. The van der Waals surface area contributed by atoms with Crippen LogP contribution < -0.4 is 0 Å². The Labute approximate surface area is 255 Å². The van der Waals surface area contributed by atoms with Crippen molar-refractivity contribution in [1.82, 2.24) is 0 Å². The van der Waals surface area contributed by atoms with Crippen LogP contribution in [0.1, 0.15) is 181 Å². The zero-order valence-corrected chi connectivity index (χ0v) is 27.6. The Hall–Kier alpha value is -1.32. The van der Waals surface area contributed by atoms with Crippen molar-refractivity contribution in [2.24, 2.45) is 17.8 Å². The molecule has 0 spiro atoms. The summed E-state index contributed by atoms with van der Waals surface area (Å²) in [6.07, 6.45) is 35.5. The van der Waals surface area contributed by atoms with Gasteiger partial charge in [-0.15, -0.1) is 0 Å². The van der Waals surface area contributed by atoms with Crippen LogP contribution >= 0.6 is 0 Å². The number of carbonyl (C=O) groups is 2. The van der Waals surface area contributed by atoms with E-state index in [0.29, 0.717) is 19.6 Å². The third-order valence-corrected chi connectivity index (χ3v) is 8.89. The lowest BCUT2D eigenvalue weighted by Gasteiger charge is -2.30. The molecule has 1 aliphatic carbocycles. The molecule has 0 aromatic carbocycles. The molecule has 4 heteroatoms. The van der Waals surface area contributed by atoms with E-state index in [1.165, 1.54) is 128 Å². The van der Waals surface area contributed by atoms with E-state index in [-0.39, 0.29) is 17.9 Å². The number of unbranched alkanes of at least 4 members (excludes halogenated alkanes) is 22. The highest BCUT2D eigenvalue weighted by Gasteiger charge is 2.40. The second kappa shape index (κ2) is 27.5. The number of hydrogen-bond acceptors (Lipinski definition) is 4. The zero-order valence-electron chi connectivity index (χ0n) is 27.6. The summed E-state index contributed by atoms with van der Waals surface area (Å²) in [5, 5.41) is 0. The summed E-state index contributed by atoms with van der Waals surface area (Å²) >= 11 is 0. The minimum absolute atomic E-state index is 0.00224. The lowest BCUT2D eigenvalue weighted by atomic mass is 9.76. The van der Waals surface area contributed by atoms with Crippen molar-refractivity contribution in [1.29, 1.82) is 0 Å². The molecule has 0 bridgehead atoms. The average Bonchev–Trinajstić information content (AvgIpc) is 2.97. The van der Waals surface area contributed by atoms with Crippen molar-refractivity contribution >= 4 is 11.9 Å². The van der Waals surface area contributed by atoms with Crippen LogP contribution in [-0.2, 0) is 19.1 Å². The lowest BCUT2D eigenvalue weighted by Crippen LogP contribution is -2.38. The average molecular weight is 577 g/mol. The Morgan fingerprint density at radius 1 is 0.537 bits per heavy atom. The second-order valence-electron chi connectivity index (χ2n) is 12.8. The van der Waals surface area contributed by atoms with Gasteiger partial charge in [-0.2, -0.15) is 0 Å². The molecular weight excluding hydrogens is 508 g/mol. The normalized spacial score (nSPS) is 18.5. The zero-order chi connectivity index (χ0) is 29.8. The van der Waals surface area contributed by atoms with Gasteiger partial charge >= 0.3 is 11.9 Å². The first-order chi connectivity index (χ1) is 20.1. The Kier molecular flexibility index (Phi) is 25.3. The maximum absolute atomic E-state index is 12.9. The Morgan fingerprint density at radius 3 is 1.27 bits per heavy atom. The molecule has 0 saturated heterocycles. The molecule has 0 amide bonds. The van der Waals surface area contributed by atoms with Crippen LogP contribution in [0.25, 0.3) is 0 Å². The van der Waals surface area contributed by atoms with E-state index in [0.717, 1.165) is 25.7 Å². The number of allylic oxidation sites excluding steroid dienone is 2. The summed E-state index contributed by atoms with van der Waals surface area (Å²) in [6, 6.07) is 0. The van der Waals surface area contributed by atoms with E-state index >= 15 is 0 Å². The van der Waals surface area contributed by atoms with Crippen molar-refractivity contribution in [2.75, 3.05) is 13.2 Å². The van der Waals surface area contributed by atoms with Gasteiger partial charge in [-0.1, -0.05) is 174 Å². The molecule has 1 rings (SSSR count). The SMILES string of the molecule is CCCCCCCCCCCCCCOC(=O)C1CC=CC(C)C1C(=O)OCCCCCCCCCCCCCC. The fraction of sp³-hybridized carbons (Fsp3) is 0.892. The van der Waals surface area contributed by atoms with Crippen LogP contribution in [0.4, 0.5) is 0 Å². The molecule has 0 fully saturated rings. The molecule has 0 aliphatic heterocycles. The fourth-order valence-electron chi connectivity index (χ4n) is 6.13. The van der Waals surface area contributed by atoms with Gasteiger partial charge in [0.1, 0.15) is 0 Å². The summed E-state index contributed by atoms with van der Waals surface area (Å²) in [7, 11) is 0. The monoisotopic (exact) mass is 577 g/mol. The molecule has 240 valence electrons. The number of carbonyl (C=O) groups excluding carboxylic acids is 2. The van der Waals surface area contributed by atoms with Crippen LogP contribution in [0.5, 0.6) is 0 Å². The van der Waals surface area contributed by atoms with Gasteiger partial charge in [0, 0.05) is 0 Å². The molecule has 0 heterocycles. The predicted octanol–water partition coefficient (Wildman–Crippen LogP) is 11.3. The first-order valence-electron chi connectivity index (χ1n) is 18.1. The second-order valence-corrected chi connectivity index (χ2v) is 12.8. The van der Waals surface area contributed by atoms with E-state index in [1.807, 2.05) is 19.1 Å². The van der Waals surface area contributed by atoms with Gasteiger partial charge in [-0.05, 0) is 25.2 Å². The van der Waals surface area contributed by atoms with Crippen LogP contribution in [0.3, 0.4) is 0 Å². The van der Waals surface area contributed by atoms with Gasteiger partial charge in [0.25, 0.3) is 0 Å². The summed E-state index contributed by atoms with van der Waals surface area (Å²) in [6.45, 7) is 7.47. The van der Waals surface area contributed by atoms with Gasteiger partial charge in [-0.3, -0.25) is 9.59 Å². The number of esters is 2. The first-order valence-corrected chi connectivity index (χ1v) is 18.1. The van der Waals surface area contributed by atoms with Crippen LogP contribution in [0.15, 0.2) is 12.2 Å². The fourth-order valence-corrected chi connectivity index (χ4v) is 6.13.